The molecular formula is C13H17NO2. The predicted octanol–water partition coefficient (Wildman–Crippen LogP) is 2.49. The lowest BCUT2D eigenvalue weighted by Gasteiger charge is -2.16. The zero-order valence-corrected chi connectivity index (χ0v) is 9.87. The van der Waals surface area contributed by atoms with Crippen molar-refractivity contribution >= 4 is 10.9 Å². The fourth-order valence-corrected chi connectivity index (χ4v) is 1.90. The van der Waals surface area contributed by atoms with Gasteiger partial charge in [0.1, 0.15) is 5.75 Å². The van der Waals surface area contributed by atoms with E-state index in [1.54, 1.807) is 7.11 Å². The van der Waals surface area contributed by atoms with E-state index in [0.29, 0.717) is 6.42 Å². The first-order valence-corrected chi connectivity index (χ1v) is 5.36. The molecule has 0 atom stereocenters. The summed E-state index contributed by atoms with van der Waals surface area (Å²) in [4.78, 5) is 3.19. The molecule has 3 heteroatoms. The number of fused-ring (bicyclic) bond motifs is 1. The first-order valence-electron chi connectivity index (χ1n) is 5.36. The van der Waals surface area contributed by atoms with Gasteiger partial charge in [-0.25, -0.2) is 0 Å². The van der Waals surface area contributed by atoms with Gasteiger partial charge >= 0.3 is 0 Å². The number of nitrogens with one attached hydrogen (secondary N) is 1. The van der Waals surface area contributed by atoms with E-state index >= 15 is 0 Å². The second kappa shape index (κ2) is 3.83. The summed E-state index contributed by atoms with van der Waals surface area (Å²) in [6.07, 6.45) is 2.58. The molecule has 3 nitrogen and oxygen atoms in total. The van der Waals surface area contributed by atoms with Gasteiger partial charge in [-0.05, 0) is 31.5 Å². The third-order valence-corrected chi connectivity index (χ3v) is 2.60. The third-order valence-electron chi connectivity index (χ3n) is 2.60. The highest BCUT2D eigenvalue weighted by Crippen LogP contribution is 2.25. The van der Waals surface area contributed by atoms with Gasteiger partial charge in [-0.2, -0.15) is 0 Å². The van der Waals surface area contributed by atoms with Crippen LogP contribution in [0.25, 0.3) is 10.9 Å². The first kappa shape index (κ1) is 11.0. The normalized spacial score (nSPS) is 12.0. The van der Waals surface area contributed by atoms with Gasteiger partial charge in [0.2, 0.25) is 0 Å². The van der Waals surface area contributed by atoms with E-state index in [-0.39, 0.29) is 0 Å². The minimum absolute atomic E-state index is 0.638. The number of aliphatic hydroxyl groups is 1. The molecule has 0 saturated carbocycles. The monoisotopic (exact) mass is 219 g/mol. The van der Waals surface area contributed by atoms with Crippen molar-refractivity contribution in [2.24, 2.45) is 0 Å². The van der Waals surface area contributed by atoms with Crippen LogP contribution in [0.5, 0.6) is 5.75 Å². The summed E-state index contributed by atoms with van der Waals surface area (Å²) in [7, 11) is 1.65. The van der Waals surface area contributed by atoms with Crippen molar-refractivity contribution in [3.05, 3.63) is 30.0 Å². The fraction of sp³-hybridized carbons (Fsp3) is 0.385. The van der Waals surface area contributed by atoms with E-state index in [9.17, 15) is 5.11 Å². The Hall–Kier alpha value is -1.48. The van der Waals surface area contributed by atoms with E-state index in [4.69, 9.17) is 4.74 Å². The van der Waals surface area contributed by atoms with E-state index < -0.39 is 5.60 Å². The summed E-state index contributed by atoms with van der Waals surface area (Å²) in [5, 5.41) is 11.0. The number of benzene rings is 1. The molecule has 0 saturated heterocycles. The standard InChI is InChI=1S/C13H17NO2/c1-13(2,15)7-9-8-14-12-6-10(16-3)4-5-11(9)12/h4-6,8,14-15H,7H2,1-3H3. The van der Waals surface area contributed by atoms with Crippen molar-refractivity contribution in [2.75, 3.05) is 7.11 Å². The highest BCUT2D eigenvalue weighted by atomic mass is 16.5. The number of ether oxygens (including phenoxy) is 1. The molecule has 2 N–H and O–H groups in total. The minimum atomic E-state index is -0.685. The van der Waals surface area contributed by atoms with Gasteiger partial charge in [0.15, 0.2) is 0 Å². The highest BCUT2D eigenvalue weighted by Gasteiger charge is 2.16. The number of aromatic amines is 1. The molecule has 0 bridgehead atoms. The Balaban J connectivity index is 2.42. The SMILES string of the molecule is COc1ccc2c(CC(C)(C)O)c[nH]c2c1. The molecule has 1 aromatic carbocycles. The number of hydrogen-bond acceptors (Lipinski definition) is 2. The van der Waals surface area contributed by atoms with Crippen molar-refractivity contribution in [3.8, 4) is 5.75 Å². The lowest BCUT2D eigenvalue weighted by Crippen LogP contribution is -2.21. The number of rotatable bonds is 3. The van der Waals surface area contributed by atoms with Crippen molar-refractivity contribution in [1.82, 2.24) is 4.98 Å². The maximum atomic E-state index is 9.81. The van der Waals surface area contributed by atoms with Crippen LogP contribution in [0, 0.1) is 0 Å². The Morgan fingerprint density at radius 1 is 1.38 bits per heavy atom. The summed E-state index contributed by atoms with van der Waals surface area (Å²) in [5.74, 6) is 0.837. The molecule has 1 heterocycles. The van der Waals surface area contributed by atoms with Gasteiger partial charge in [-0.15, -0.1) is 0 Å². The topological polar surface area (TPSA) is 45.2 Å². The molecule has 0 amide bonds. The molecule has 0 fully saturated rings. The third kappa shape index (κ3) is 2.19. The van der Waals surface area contributed by atoms with Gasteiger partial charge in [-0.1, -0.05) is 0 Å². The number of aromatic nitrogens is 1. The zero-order chi connectivity index (χ0) is 11.8. The molecule has 2 aromatic rings. The number of methoxy groups -OCH3 is 1. The summed E-state index contributed by atoms with van der Waals surface area (Å²) in [6, 6.07) is 5.92. The molecule has 0 spiro atoms. The van der Waals surface area contributed by atoms with E-state index in [0.717, 1.165) is 22.2 Å². The largest absolute Gasteiger partial charge is 0.497 e. The Labute approximate surface area is 95.1 Å². The Kier molecular flexibility index (Phi) is 2.64. The highest BCUT2D eigenvalue weighted by molar-refractivity contribution is 5.84. The first-order chi connectivity index (χ1) is 7.49. The summed E-state index contributed by atoms with van der Waals surface area (Å²) in [6.45, 7) is 3.63. The predicted molar refractivity (Wildman–Crippen MR) is 64.9 cm³/mol. The lowest BCUT2D eigenvalue weighted by molar-refractivity contribution is 0.0813. The summed E-state index contributed by atoms with van der Waals surface area (Å²) >= 11 is 0. The van der Waals surface area contributed by atoms with Crippen LogP contribution in [-0.2, 0) is 6.42 Å². The number of hydrogen-bond donors (Lipinski definition) is 2. The average molecular weight is 219 g/mol. The molecule has 0 aliphatic carbocycles. The Morgan fingerprint density at radius 3 is 2.75 bits per heavy atom. The summed E-state index contributed by atoms with van der Waals surface area (Å²) in [5.41, 5.74) is 1.48. The van der Waals surface area contributed by atoms with E-state index in [1.165, 1.54) is 0 Å². The van der Waals surface area contributed by atoms with Crippen LogP contribution in [-0.4, -0.2) is 22.8 Å². The second-order valence-electron chi connectivity index (χ2n) is 4.71. The van der Waals surface area contributed by atoms with Gasteiger partial charge < -0.3 is 14.8 Å². The second-order valence-corrected chi connectivity index (χ2v) is 4.71. The van der Waals surface area contributed by atoms with E-state index in [1.807, 2.05) is 38.2 Å². The molecule has 0 radical (unpaired) electrons. The maximum absolute atomic E-state index is 9.81. The van der Waals surface area contributed by atoms with Gasteiger partial charge in [0.05, 0.1) is 12.7 Å². The van der Waals surface area contributed by atoms with Crippen LogP contribution in [0.4, 0.5) is 0 Å². The molecule has 86 valence electrons. The van der Waals surface area contributed by atoms with Crippen LogP contribution in [0.3, 0.4) is 0 Å². The molecule has 2 rings (SSSR count). The fourth-order valence-electron chi connectivity index (χ4n) is 1.90. The van der Waals surface area contributed by atoms with Crippen LogP contribution in [0.1, 0.15) is 19.4 Å². The zero-order valence-electron chi connectivity index (χ0n) is 9.87. The summed E-state index contributed by atoms with van der Waals surface area (Å²) < 4.78 is 5.16. The molecule has 1 aromatic heterocycles. The van der Waals surface area contributed by atoms with Crippen LogP contribution in [0.2, 0.25) is 0 Å². The number of H-pyrrole nitrogens is 1. The molecular weight excluding hydrogens is 202 g/mol. The Bertz CT molecular complexity index is 494. The van der Waals surface area contributed by atoms with Crippen molar-refractivity contribution in [3.63, 3.8) is 0 Å². The lowest BCUT2D eigenvalue weighted by atomic mass is 9.98. The van der Waals surface area contributed by atoms with Gasteiger partial charge in [-0.3, -0.25) is 0 Å². The quantitative estimate of drug-likeness (QED) is 0.833. The van der Waals surface area contributed by atoms with Gasteiger partial charge in [0, 0.05) is 29.6 Å². The van der Waals surface area contributed by atoms with Crippen molar-refractivity contribution in [1.29, 1.82) is 0 Å². The van der Waals surface area contributed by atoms with Gasteiger partial charge in [0.25, 0.3) is 0 Å². The van der Waals surface area contributed by atoms with Crippen LogP contribution in [0.15, 0.2) is 24.4 Å². The van der Waals surface area contributed by atoms with Crippen LogP contribution < -0.4 is 4.74 Å². The smallest absolute Gasteiger partial charge is 0.120 e. The molecule has 0 aliphatic rings. The van der Waals surface area contributed by atoms with Crippen molar-refractivity contribution in [2.45, 2.75) is 25.9 Å². The molecule has 16 heavy (non-hydrogen) atoms. The maximum Gasteiger partial charge on any atom is 0.120 e. The van der Waals surface area contributed by atoms with Crippen molar-refractivity contribution < 1.29 is 9.84 Å². The minimum Gasteiger partial charge on any atom is -0.497 e. The molecule has 0 unspecified atom stereocenters. The molecule has 0 aliphatic heterocycles. The average Bonchev–Trinajstić information content (AvgIpc) is 2.58. The van der Waals surface area contributed by atoms with E-state index in [2.05, 4.69) is 4.98 Å². The Morgan fingerprint density at radius 2 is 2.12 bits per heavy atom. The van der Waals surface area contributed by atoms with Crippen LogP contribution >= 0.6 is 0 Å².